The van der Waals surface area contributed by atoms with Gasteiger partial charge in [0.2, 0.25) is 0 Å². The van der Waals surface area contributed by atoms with Gasteiger partial charge in [-0.3, -0.25) is 9.59 Å². The lowest BCUT2D eigenvalue weighted by Crippen LogP contribution is -2.30. The van der Waals surface area contributed by atoms with Gasteiger partial charge in [0, 0.05) is 23.7 Å². The number of carboxylic acids is 1. The standard InChI is InChI=1S/C23H24N2O3/c1-14-5-2-3-6-16(14)22-18-8-4-7-17(18)19-13-15(9-10-20(19)25-22)23(28)24-12-11-21(26)27/h2-7,9-10,13,17-18,22,25H,8,11-12H2,1H3,(H,24,28)(H,26,27)/t17-,18-,22-/m0/s1. The maximum Gasteiger partial charge on any atom is 0.305 e. The third-order valence-electron chi connectivity index (χ3n) is 5.77. The third-order valence-corrected chi connectivity index (χ3v) is 5.77. The van der Waals surface area contributed by atoms with E-state index in [0.717, 1.165) is 17.7 Å². The first-order chi connectivity index (χ1) is 13.5. The van der Waals surface area contributed by atoms with Gasteiger partial charge in [-0.25, -0.2) is 0 Å². The van der Waals surface area contributed by atoms with Gasteiger partial charge in [-0.15, -0.1) is 0 Å². The van der Waals surface area contributed by atoms with E-state index >= 15 is 0 Å². The van der Waals surface area contributed by atoms with E-state index in [1.165, 1.54) is 11.1 Å². The fourth-order valence-corrected chi connectivity index (χ4v) is 4.36. The summed E-state index contributed by atoms with van der Waals surface area (Å²) in [6, 6.07) is 14.4. The lowest BCUT2D eigenvalue weighted by Gasteiger charge is -2.38. The van der Waals surface area contributed by atoms with Crippen molar-refractivity contribution in [3.63, 3.8) is 0 Å². The van der Waals surface area contributed by atoms with Gasteiger partial charge < -0.3 is 15.7 Å². The summed E-state index contributed by atoms with van der Waals surface area (Å²) in [5, 5.41) is 15.1. The second kappa shape index (κ2) is 7.50. The molecule has 0 fully saturated rings. The Morgan fingerprint density at radius 3 is 2.79 bits per heavy atom. The van der Waals surface area contributed by atoms with Gasteiger partial charge in [-0.2, -0.15) is 0 Å². The number of aliphatic carboxylic acids is 1. The van der Waals surface area contributed by atoms with E-state index in [-0.39, 0.29) is 30.8 Å². The largest absolute Gasteiger partial charge is 0.481 e. The molecule has 0 radical (unpaired) electrons. The summed E-state index contributed by atoms with van der Waals surface area (Å²) in [4.78, 5) is 23.0. The Labute approximate surface area is 164 Å². The Kier molecular flexibility index (Phi) is 4.90. The molecule has 2 aromatic carbocycles. The van der Waals surface area contributed by atoms with Crippen LogP contribution in [0.3, 0.4) is 0 Å². The highest BCUT2D eigenvalue weighted by atomic mass is 16.4. The Hall–Kier alpha value is -3.08. The number of aryl methyl sites for hydroxylation is 1. The highest BCUT2D eigenvalue weighted by Crippen LogP contribution is 2.50. The lowest BCUT2D eigenvalue weighted by molar-refractivity contribution is -0.136. The van der Waals surface area contributed by atoms with Crippen molar-refractivity contribution in [3.05, 3.63) is 76.9 Å². The summed E-state index contributed by atoms with van der Waals surface area (Å²) in [6.07, 6.45) is 5.41. The molecule has 5 nitrogen and oxygen atoms in total. The van der Waals surface area contributed by atoms with Gasteiger partial charge in [0.15, 0.2) is 0 Å². The quantitative estimate of drug-likeness (QED) is 0.689. The maximum atomic E-state index is 12.4. The van der Waals surface area contributed by atoms with Gasteiger partial charge in [0.05, 0.1) is 12.5 Å². The number of benzene rings is 2. The second-order valence-electron chi connectivity index (χ2n) is 7.53. The molecule has 3 atom stereocenters. The minimum Gasteiger partial charge on any atom is -0.481 e. The molecule has 2 aliphatic rings. The first kappa shape index (κ1) is 18.3. The molecule has 0 saturated carbocycles. The molecule has 2 aromatic rings. The fourth-order valence-electron chi connectivity index (χ4n) is 4.36. The predicted molar refractivity (Wildman–Crippen MR) is 109 cm³/mol. The molecule has 0 spiro atoms. The van der Waals surface area contributed by atoms with Crippen LogP contribution in [0.4, 0.5) is 5.69 Å². The molecule has 3 N–H and O–H groups in total. The zero-order valence-electron chi connectivity index (χ0n) is 15.8. The number of carbonyl (C=O) groups is 2. The summed E-state index contributed by atoms with van der Waals surface area (Å²) in [5.74, 6) is -0.466. The number of hydrogen-bond acceptors (Lipinski definition) is 3. The average molecular weight is 376 g/mol. The van der Waals surface area contributed by atoms with Gasteiger partial charge >= 0.3 is 5.97 Å². The molecule has 1 aliphatic carbocycles. The van der Waals surface area contributed by atoms with Crippen LogP contribution in [-0.2, 0) is 4.79 Å². The number of carboxylic acid groups (broad SMARTS) is 1. The Morgan fingerprint density at radius 1 is 1.18 bits per heavy atom. The summed E-state index contributed by atoms with van der Waals surface area (Å²) < 4.78 is 0. The van der Waals surface area contributed by atoms with Crippen LogP contribution >= 0.6 is 0 Å². The molecule has 4 rings (SSSR count). The monoisotopic (exact) mass is 376 g/mol. The zero-order valence-corrected chi connectivity index (χ0v) is 15.8. The molecule has 5 heteroatoms. The van der Waals surface area contributed by atoms with E-state index in [0.29, 0.717) is 11.5 Å². The topological polar surface area (TPSA) is 78.4 Å². The molecular weight excluding hydrogens is 352 g/mol. The SMILES string of the molecule is Cc1ccccc1[C@@H]1Nc2ccc(C(=O)NCCC(=O)O)cc2[C@H]2C=CC[C@@H]21. The van der Waals surface area contributed by atoms with E-state index < -0.39 is 5.97 Å². The third kappa shape index (κ3) is 3.40. The van der Waals surface area contributed by atoms with Crippen molar-refractivity contribution < 1.29 is 14.7 Å². The van der Waals surface area contributed by atoms with Crippen molar-refractivity contribution in [2.45, 2.75) is 31.7 Å². The second-order valence-corrected chi connectivity index (χ2v) is 7.53. The van der Waals surface area contributed by atoms with Crippen molar-refractivity contribution in [3.8, 4) is 0 Å². The summed E-state index contributed by atoms with van der Waals surface area (Å²) >= 11 is 0. The molecule has 0 bridgehead atoms. The molecule has 28 heavy (non-hydrogen) atoms. The van der Waals surface area contributed by atoms with Crippen LogP contribution in [0.15, 0.2) is 54.6 Å². The van der Waals surface area contributed by atoms with Gasteiger partial charge in [0.25, 0.3) is 5.91 Å². The van der Waals surface area contributed by atoms with Crippen LogP contribution in [-0.4, -0.2) is 23.5 Å². The van der Waals surface area contributed by atoms with Crippen LogP contribution in [0, 0.1) is 12.8 Å². The fraction of sp³-hybridized carbons (Fsp3) is 0.304. The Bertz CT molecular complexity index is 951. The number of hydrogen-bond donors (Lipinski definition) is 3. The first-order valence-corrected chi connectivity index (χ1v) is 9.67. The van der Waals surface area contributed by atoms with E-state index in [2.05, 4.69) is 54.0 Å². The van der Waals surface area contributed by atoms with Gasteiger partial charge in [-0.05, 0) is 54.2 Å². The summed E-state index contributed by atoms with van der Waals surface area (Å²) in [7, 11) is 0. The molecule has 0 unspecified atom stereocenters. The number of allylic oxidation sites excluding steroid dienone is 2. The Balaban J connectivity index is 1.61. The molecular formula is C23H24N2O3. The Morgan fingerprint density at radius 2 is 2.00 bits per heavy atom. The number of amides is 1. The minimum absolute atomic E-state index is 0.0796. The van der Waals surface area contributed by atoms with Gasteiger partial charge in [0.1, 0.15) is 0 Å². The van der Waals surface area contributed by atoms with E-state index in [1.807, 2.05) is 12.1 Å². The number of rotatable bonds is 5. The number of nitrogens with one attached hydrogen (secondary N) is 2. The minimum atomic E-state index is -0.920. The van der Waals surface area contributed by atoms with Crippen LogP contribution < -0.4 is 10.6 Å². The average Bonchev–Trinajstić information content (AvgIpc) is 3.17. The number of fused-ring (bicyclic) bond motifs is 3. The molecule has 1 aliphatic heterocycles. The highest BCUT2D eigenvalue weighted by molar-refractivity contribution is 5.95. The number of anilines is 1. The zero-order chi connectivity index (χ0) is 19.7. The van der Waals surface area contributed by atoms with Crippen molar-refractivity contribution >= 4 is 17.6 Å². The maximum absolute atomic E-state index is 12.4. The highest BCUT2D eigenvalue weighted by Gasteiger charge is 2.38. The van der Waals surface area contributed by atoms with Crippen LogP contribution in [0.25, 0.3) is 0 Å². The van der Waals surface area contributed by atoms with Crippen molar-refractivity contribution in [1.82, 2.24) is 5.32 Å². The molecule has 0 aromatic heterocycles. The lowest BCUT2D eigenvalue weighted by atomic mass is 9.76. The summed E-state index contributed by atoms with van der Waals surface area (Å²) in [5.41, 5.74) is 5.36. The molecule has 1 heterocycles. The van der Waals surface area contributed by atoms with Crippen molar-refractivity contribution in [1.29, 1.82) is 0 Å². The van der Waals surface area contributed by atoms with E-state index in [1.54, 1.807) is 6.07 Å². The summed E-state index contributed by atoms with van der Waals surface area (Å²) in [6.45, 7) is 2.28. The molecule has 0 saturated heterocycles. The molecule has 1 amide bonds. The van der Waals surface area contributed by atoms with Crippen LogP contribution in [0.1, 0.15) is 51.8 Å². The van der Waals surface area contributed by atoms with E-state index in [4.69, 9.17) is 5.11 Å². The first-order valence-electron chi connectivity index (χ1n) is 9.67. The van der Waals surface area contributed by atoms with Gasteiger partial charge in [-0.1, -0.05) is 36.4 Å². The van der Waals surface area contributed by atoms with Crippen molar-refractivity contribution in [2.24, 2.45) is 5.92 Å². The van der Waals surface area contributed by atoms with Crippen LogP contribution in [0.5, 0.6) is 0 Å². The molecule has 144 valence electrons. The smallest absolute Gasteiger partial charge is 0.305 e. The number of carbonyl (C=O) groups excluding carboxylic acids is 1. The predicted octanol–water partition coefficient (Wildman–Crippen LogP) is 4.03. The van der Waals surface area contributed by atoms with Crippen LogP contribution in [0.2, 0.25) is 0 Å². The van der Waals surface area contributed by atoms with E-state index in [9.17, 15) is 9.59 Å². The van der Waals surface area contributed by atoms with Crippen molar-refractivity contribution in [2.75, 3.05) is 11.9 Å². The normalized spacial score (nSPS) is 22.1.